The van der Waals surface area contributed by atoms with Gasteiger partial charge in [0, 0.05) is 25.1 Å². The number of halogens is 1. The first-order valence-corrected chi connectivity index (χ1v) is 7.77. The van der Waals surface area contributed by atoms with Gasteiger partial charge in [-0.25, -0.2) is 9.37 Å². The van der Waals surface area contributed by atoms with Gasteiger partial charge in [-0.3, -0.25) is 14.7 Å². The molecular formula is C19H17FN4O. The Kier molecular flexibility index (Phi) is 4.99. The maximum Gasteiger partial charge on any atom is 0.218 e. The quantitative estimate of drug-likeness (QED) is 0.695. The Hall–Kier alpha value is -3.28. The number of aromatic nitrogens is 2. The first-order valence-electron chi connectivity index (χ1n) is 7.77. The fraction of sp³-hybridized carbons (Fsp3) is 0.105. The third kappa shape index (κ3) is 3.80. The van der Waals surface area contributed by atoms with E-state index in [9.17, 15) is 9.18 Å². The number of rotatable bonds is 6. The van der Waals surface area contributed by atoms with Gasteiger partial charge in [-0.05, 0) is 54.4 Å². The number of carbonyl (C=O) groups is 1. The molecule has 0 unspecified atom stereocenters. The van der Waals surface area contributed by atoms with Crippen LogP contribution in [0.25, 0.3) is 0 Å². The van der Waals surface area contributed by atoms with Crippen molar-refractivity contribution < 1.29 is 9.18 Å². The summed E-state index contributed by atoms with van der Waals surface area (Å²) in [6, 6.07) is 11.9. The van der Waals surface area contributed by atoms with E-state index in [4.69, 9.17) is 0 Å². The third-order valence-electron chi connectivity index (χ3n) is 3.79. The second kappa shape index (κ2) is 7.53. The van der Waals surface area contributed by atoms with E-state index >= 15 is 0 Å². The Bertz CT molecular complexity index is 870. The molecule has 0 radical (unpaired) electrons. The highest BCUT2D eigenvalue weighted by Gasteiger charge is 2.15. The highest BCUT2D eigenvalue weighted by molar-refractivity contribution is 5.90. The van der Waals surface area contributed by atoms with E-state index in [1.54, 1.807) is 49.8 Å². The van der Waals surface area contributed by atoms with Crippen LogP contribution in [0.15, 0.2) is 61.1 Å². The van der Waals surface area contributed by atoms with Gasteiger partial charge in [-0.1, -0.05) is 6.07 Å². The Morgan fingerprint density at radius 3 is 2.68 bits per heavy atom. The van der Waals surface area contributed by atoms with Crippen LogP contribution >= 0.6 is 0 Å². The number of amides is 1. The molecule has 25 heavy (non-hydrogen) atoms. The summed E-state index contributed by atoms with van der Waals surface area (Å²) in [5.41, 5.74) is 2.55. The molecule has 5 nitrogen and oxygen atoms in total. The van der Waals surface area contributed by atoms with Crippen LogP contribution in [0.5, 0.6) is 0 Å². The number of nitrogens with one attached hydrogen (secondary N) is 1. The summed E-state index contributed by atoms with van der Waals surface area (Å²) in [4.78, 5) is 21.3. The third-order valence-corrected chi connectivity index (χ3v) is 3.79. The molecule has 2 heterocycles. The molecule has 0 aliphatic rings. The molecule has 0 bridgehead atoms. The molecule has 3 rings (SSSR count). The number of hydrogen-bond acceptors (Lipinski definition) is 4. The van der Waals surface area contributed by atoms with Crippen molar-refractivity contribution in [2.75, 3.05) is 10.2 Å². The number of hydrogen-bond donors (Lipinski definition) is 1. The standard InChI is InChI=1S/C19H17FN4O/c1-14-4-5-16(11-17(14)20)24(13-25)18-3-2-8-22-19(18)23-12-15-6-9-21-10-7-15/h2-11,13H,12H2,1H3,(H,22,23). The van der Waals surface area contributed by atoms with Crippen molar-refractivity contribution >= 4 is 23.6 Å². The summed E-state index contributed by atoms with van der Waals surface area (Å²) >= 11 is 0. The van der Waals surface area contributed by atoms with Crippen LogP contribution < -0.4 is 10.2 Å². The summed E-state index contributed by atoms with van der Waals surface area (Å²) in [5.74, 6) is 0.173. The van der Waals surface area contributed by atoms with Crippen molar-refractivity contribution in [3.63, 3.8) is 0 Å². The molecule has 0 spiro atoms. The summed E-state index contributed by atoms with van der Waals surface area (Å²) in [5, 5.41) is 3.21. The molecule has 0 saturated carbocycles. The average Bonchev–Trinajstić information content (AvgIpc) is 2.65. The molecule has 3 aromatic rings. The minimum Gasteiger partial charge on any atom is -0.364 e. The lowest BCUT2D eigenvalue weighted by Gasteiger charge is -2.21. The maximum atomic E-state index is 13.9. The fourth-order valence-electron chi connectivity index (χ4n) is 2.40. The predicted octanol–water partition coefficient (Wildman–Crippen LogP) is 3.83. The smallest absolute Gasteiger partial charge is 0.218 e. The normalized spacial score (nSPS) is 10.3. The number of nitrogens with zero attached hydrogens (tertiary/aromatic N) is 3. The molecule has 0 aliphatic heterocycles. The van der Waals surface area contributed by atoms with Crippen LogP contribution in [0.4, 0.5) is 21.6 Å². The zero-order chi connectivity index (χ0) is 17.6. The fourth-order valence-corrected chi connectivity index (χ4v) is 2.40. The van der Waals surface area contributed by atoms with Crippen LogP contribution in [-0.4, -0.2) is 16.4 Å². The molecule has 6 heteroatoms. The van der Waals surface area contributed by atoms with Crippen LogP contribution in [0.3, 0.4) is 0 Å². The van der Waals surface area contributed by atoms with E-state index in [1.807, 2.05) is 12.1 Å². The summed E-state index contributed by atoms with van der Waals surface area (Å²) in [6.07, 6.45) is 5.71. The lowest BCUT2D eigenvalue weighted by atomic mass is 10.2. The zero-order valence-corrected chi connectivity index (χ0v) is 13.7. The molecule has 1 amide bonds. The van der Waals surface area contributed by atoms with Crippen molar-refractivity contribution in [2.24, 2.45) is 0 Å². The molecule has 0 fully saturated rings. The zero-order valence-electron chi connectivity index (χ0n) is 13.7. The van der Waals surface area contributed by atoms with Crippen molar-refractivity contribution in [1.29, 1.82) is 0 Å². The van der Waals surface area contributed by atoms with E-state index < -0.39 is 0 Å². The molecule has 2 aromatic heterocycles. The van der Waals surface area contributed by atoms with Crippen molar-refractivity contribution in [2.45, 2.75) is 13.5 Å². The second-order valence-corrected chi connectivity index (χ2v) is 5.49. The Morgan fingerprint density at radius 2 is 1.96 bits per heavy atom. The number of aryl methyl sites for hydroxylation is 1. The summed E-state index contributed by atoms with van der Waals surface area (Å²) in [6.45, 7) is 2.21. The minimum atomic E-state index is -0.362. The van der Waals surface area contributed by atoms with Gasteiger partial charge in [0.1, 0.15) is 5.82 Å². The van der Waals surface area contributed by atoms with E-state index in [0.29, 0.717) is 35.7 Å². The molecule has 0 atom stereocenters. The van der Waals surface area contributed by atoms with Crippen LogP contribution in [0.1, 0.15) is 11.1 Å². The van der Waals surface area contributed by atoms with Gasteiger partial charge in [0.15, 0.2) is 5.82 Å². The molecule has 126 valence electrons. The number of carbonyl (C=O) groups excluding carboxylic acids is 1. The SMILES string of the molecule is Cc1ccc(N(C=O)c2cccnc2NCc2ccncc2)cc1F. The van der Waals surface area contributed by atoms with Gasteiger partial charge in [0.05, 0.1) is 11.4 Å². The lowest BCUT2D eigenvalue weighted by molar-refractivity contribution is -0.106. The molecule has 0 aliphatic carbocycles. The molecular weight excluding hydrogens is 319 g/mol. The van der Waals surface area contributed by atoms with Gasteiger partial charge in [0.25, 0.3) is 0 Å². The molecule has 0 saturated heterocycles. The first kappa shape index (κ1) is 16.6. The molecule has 1 N–H and O–H groups in total. The lowest BCUT2D eigenvalue weighted by Crippen LogP contribution is -2.17. The number of anilines is 3. The average molecular weight is 336 g/mol. The monoisotopic (exact) mass is 336 g/mol. The van der Waals surface area contributed by atoms with Crippen LogP contribution in [0, 0.1) is 12.7 Å². The second-order valence-electron chi connectivity index (χ2n) is 5.49. The van der Waals surface area contributed by atoms with E-state index in [2.05, 4.69) is 15.3 Å². The largest absolute Gasteiger partial charge is 0.364 e. The van der Waals surface area contributed by atoms with Crippen molar-refractivity contribution in [3.05, 3.63) is 78.0 Å². The number of benzene rings is 1. The Balaban J connectivity index is 1.89. The Morgan fingerprint density at radius 1 is 1.16 bits per heavy atom. The maximum absolute atomic E-state index is 13.9. The van der Waals surface area contributed by atoms with E-state index in [0.717, 1.165) is 5.56 Å². The van der Waals surface area contributed by atoms with Gasteiger partial charge in [0.2, 0.25) is 6.41 Å². The summed E-state index contributed by atoms with van der Waals surface area (Å²) in [7, 11) is 0. The van der Waals surface area contributed by atoms with Crippen LogP contribution in [0.2, 0.25) is 0 Å². The van der Waals surface area contributed by atoms with E-state index in [-0.39, 0.29) is 5.82 Å². The van der Waals surface area contributed by atoms with Gasteiger partial charge >= 0.3 is 0 Å². The topological polar surface area (TPSA) is 58.1 Å². The highest BCUT2D eigenvalue weighted by Crippen LogP contribution is 2.30. The minimum absolute atomic E-state index is 0.362. The van der Waals surface area contributed by atoms with Gasteiger partial charge in [-0.2, -0.15) is 0 Å². The van der Waals surface area contributed by atoms with Gasteiger partial charge in [-0.15, -0.1) is 0 Å². The van der Waals surface area contributed by atoms with E-state index in [1.165, 1.54) is 11.0 Å². The summed E-state index contributed by atoms with van der Waals surface area (Å²) < 4.78 is 13.9. The molecule has 1 aromatic carbocycles. The van der Waals surface area contributed by atoms with Gasteiger partial charge < -0.3 is 5.32 Å². The Labute approximate surface area is 145 Å². The highest BCUT2D eigenvalue weighted by atomic mass is 19.1. The van der Waals surface area contributed by atoms with Crippen molar-refractivity contribution in [1.82, 2.24) is 9.97 Å². The number of pyridine rings is 2. The predicted molar refractivity (Wildman–Crippen MR) is 95.1 cm³/mol. The van der Waals surface area contributed by atoms with Crippen LogP contribution in [-0.2, 0) is 11.3 Å². The first-order chi connectivity index (χ1) is 12.2. The van der Waals surface area contributed by atoms with Crippen molar-refractivity contribution in [3.8, 4) is 0 Å².